The molecule has 0 aliphatic carbocycles. The minimum atomic E-state index is -1.04. The molecule has 2 amide bonds. The summed E-state index contributed by atoms with van der Waals surface area (Å²) in [6.07, 6.45) is 0.363. The van der Waals surface area contributed by atoms with E-state index < -0.39 is 23.9 Å². The first-order chi connectivity index (χ1) is 15.9. The van der Waals surface area contributed by atoms with Crippen molar-refractivity contribution in [2.45, 2.75) is 20.0 Å². The third-order valence-electron chi connectivity index (χ3n) is 4.54. The van der Waals surface area contributed by atoms with E-state index in [-0.39, 0.29) is 5.76 Å². The van der Waals surface area contributed by atoms with Crippen LogP contribution < -0.4 is 10.6 Å². The van der Waals surface area contributed by atoms with Crippen LogP contribution in [0.2, 0.25) is 0 Å². The highest BCUT2D eigenvalue weighted by atomic mass is 32.1. The quantitative estimate of drug-likeness (QED) is 0.351. The molecule has 1 atom stereocenters. The fourth-order valence-corrected chi connectivity index (χ4v) is 4.55. The van der Waals surface area contributed by atoms with Crippen LogP contribution in [0.15, 0.2) is 64.6 Å². The minimum absolute atomic E-state index is 0.160. The SMILES string of the molecule is Cc1cc(NC(=O)c2ccco2)sc1C(=O)OC(C)C(=O)Nc1nc(-c2ccccc2)cs1. The topological polar surface area (TPSA) is 111 Å². The summed E-state index contributed by atoms with van der Waals surface area (Å²) >= 11 is 2.35. The Morgan fingerprint density at radius 3 is 2.61 bits per heavy atom. The van der Waals surface area contributed by atoms with Gasteiger partial charge in [0.05, 0.1) is 17.0 Å². The van der Waals surface area contributed by atoms with Gasteiger partial charge in [0.25, 0.3) is 11.8 Å². The van der Waals surface area contributed by atoms with Crippen molar-refractivity contribution in [2.24, 2.45) is 0 Å². The lowest BCUT2D eigenvalue weighted by Crippen LogP contribution is -2.29. The van der Waals surface area contributed by atoms with Gasteiger partial charge in [0.15, 0.2) is 17.0 Å². The maximum absolute atomic E-state index is 12.6. The number of hydrogen-bond donors (Lipinski definition) is 2. The van der Waals surface area contributed by atoms with Crippen LogP contribution >= 0.6 is 22.7 Å². The number of aryl methyl sites for hydroxylation is 1. The van der Waals surface area contributed by atoms with Gasteiger partial charge < -0.3 is 14.5 Å². The van der Waals surface area contributed by atoms with Crippen molar-refractivity contribution in [3.05, 3.63) is 76.4 Å². The smallest absolute Gasteiger partial charge is 0.349 e. The predicted molar refractivity (Wildman–Crippen MR) is 127 cm³/mol. The highest BCUT2D eigenvalue weighted by Crippen LogP contribution is 2.29. The Hall–Kier alpha value is -3.76. The standard InChI is InChI=1S/C23H19N3O5S2/c1-13-11-18(25-21(28)17-9-6-10-30-17)33-19(13)22(29)31-14(2)20(27)26-23-24-16(12-32-23)15-7-4-3-5-8-15/h3-12,14H,1-2H3,(H,25,28)(H,24,26,27). The molecular weight excluding hydrogens is 462 g/mol. The molecule has 3 heterocycles. The summed E-state index contributed by atoms with van der Waals surface area (Å²) < 4.78 is 10.4. The summed E-state index contributed by atoms with van der Waals surface area (Å²) in [5.74, 6) is -1.40. The molecule has 3 aromatic heterocycles. The van der Waals surface area contributed by atoms with Crippen molar-refractivity contribution < 1.29 is 23.5 Å². The number of thiazole rings is 1. The van der Waals surface area contributed by atoms with Gasteiger partial charge in [0, 0.05) is 10.9 Å². The van der Waals surface area contributed by atoms with E-state index in [9.17, 15) is 14.4 Å². The van der Waals surface area contributed by atoms with E-state index >= 15 is 0 Å². The van der Waals surface area contributed by atoms with Crippen LogP contribution in [0, 0.1) is 6.92 Å². The monoisotopic (exact) mass is 481 g/mol. The van der Waals surface area contributed by atoms with Crippen molar-refractivity contribution in [3.8, 4) is 11.3 Å². The Labute approximate surface area is 197 Å². The Morgan fingerprint density at radius 2 is 1.88 bits per heavy atom. The molecule has 0 saturated heterocycles. The summed E-state index contributed by atoms with van der Waals surface area (Å²) in [4.78, 5) is 41.9. The van der Waals surface area contributed by atoms with E-state index in [1.807, 2.05) is 35.7 Å². The number of aromatic nitrogens is 1. The summed E-state index contributed by atoms with van der Waals surface area (Å²) in [5.41, 5.74) is 2.32. The molecule has 0 radical (unpaired) electrons. The molecule has 1 unspecified atom stereocenters. The van der Waals surface area contributed by atoms with Gasteiger partial charge in [0.2, 0.25) is 0 Å². The number of furan rings is 1. The molecular formula is C23H19N3O5S2. The van der Waals surface area contributed by atoms with Gasteiger partial charge in [-0.3, -0.25) is 14.9 Å². The number of carbonyl (C=O) groups is 3. The second kappa shape index (κ2) is 9.80. The fourth-order valence-electron chi connectivity index (χ4n) is 2.87. The molecule has 0 aliphatic heterocycles. The number of carbonyl (C=O) groups excluding carboxylic acids is 3. The predicted octanol–water partition coefficient (Wildman–Crippen LogP) is 5.21. The maximum Gasteiger partial charge on any atom is 0.349 e. The van der Waals surface area contributed by atoms with Crippen molar-refractivity contribution in [1.82, 2.24) is 4.98 Å². The van der Waals surface area contributed by atoms with Gasteiger partial charge in [-0.15, -0.1) is 22.7 Å². The largest absolute Gasteiger partial charge is 0.459 e. The first-order valence-corrected chi connectivity index (χ1v) is 11.6. The molecule has 0 saturated carbocycles. The van der Waals surface area contributed by atoms with Crippen LogP contribution in [-0.2, 0) is 9.53 Å². The maximum atomic E-state index is 12.6. The molecule has 0 spiro atoms. The van der Waals surface area contributed by atoms with Gasteiger partial charge in [-0.1, -0.05) is 30.3 Å². The van der Waals surface area contributed by atoms with Crippen LogP contribution in [0.3, 0.4) is 0 Å². The van der Waals surface area contributed by atoms with Gasteiger partial charge in [-0.25, -0.2) is 9.78 Å². The molecule has 0 fully saturated rings. The minimum Gasteiger partial charge on any atom is -0.459 e. The number of benzene rings is 1. The van der Waals surface area contributed by atoms with E-state index in [0.717, 1.165) is 22.6 Å². The average molecular weight is 482 g/mol. The zero-order valence-electron chi connectivity index (χ0n) is 17.7. The summed E-state index contributed by atoms with van der Waals surface area (Å²) in [6.45, 7) is 3.21. The lowest BCUT2D eigenvalue weighted by atomic mass is 10.2. The van der Waals surface area contributed by atoms with Crippen molar-refractivity contribution in [3.63, 3.8) is 0 Å². The molecule has 33 heavy (non-hydrogen) atoms. The number of rotatable bonds is 7. The van der Waals surface area contributed by atoms with Crippen molar-refractivity contribution >= 4 is 50.6 Å². The molecule has 1 aromatic carbocycles. The highest BCUT2D eigenvalue weighted by Gasteiger charge is 2.23. The third-order valence-corrected chi connectivity index (χ3v) is 6.43. The Kier molecular flexibility index (Phi) is 6.66. The number of thiophene rings is 1. The van der Waals surface area contributed by atoms with Crippen LogP contribution in [0.1, 0.15) is 32.7 Å². The number of ether oxygens (including phenoxy) is 1. The second-order valence-electron chi connectivity index (χ2n) is 6.99. The number of nitrogens with one attached hydrogen (secondary N) is 2. The van der Waals surface area contributed by atoms with Gasteiger partial charge in [-0.2, -0.15) is 0 Å². The zero-order chi connectivity index (χ0) is 23.4. The highest BCUT2D eigenvalue weighted by molar-refractivity contribution is 7.18. The number of nitrogens with zero attached hydrogens (tertiary/aromatic N) is 1. The zero-order valence-corrected chi connectivity index (χ0v) is 19.3. The van der Waals surface area contributed by atoms with Crippen LogP contribution in [-0.4, -0.2) is 28.9 Å². The molecule has 0 bridgehead atoms. The van der Waals surface area contributed by atoms with E-state index in [0.29, 0.717) is 20.6 Å². The first-order valence-electron chi connectivity index (χ1n) is 9.89. The summed E-state index contributed by atoms with van der Waals surface area (Å²) in [6, 6.07) is 14.4. The van der Waals surface area contributed by atoms with Crippen LogP contribution in [0.4, 0.5) is 10.1 Å². The van der Waals surface area contributed by atoms with Gasteiger partial charge in [-0.05, 0) is 37.6 Å². The van der Waals surface area contributed by atoms with E-state index in [2.05, 4.69) is 15.6 Å². The molecule has 2 N–H and O–H groups in total. The van der Waals surface area contributed by atoms with E-state index in [1.54, 1.807) is 19.1 Å². The van der Waals surface area contributed by atoms with Crippen LogP contribution in [0.5, 0.6) is 0 Å². The van der Waals surface area contributed by atoms with Crippen molar-refractivity contribution in [2.75, 3.05) is 10.6 Å². The van der Waals surface area contributed by atoms with E-state index in [4.69, 9.17) is 9.15 Å². The number of esters is 1. The van der Waals surface area contributed by atoms with Crippen molar-refractivity contribution in [1.29, 1.82) is 0 Å². The molecule has 4 rings (SSSR count). The number of anilines is 2. The Morgan fingerprint density at radius 1 is 1.09 bits per heavy atom. The first kappa shape index (κ1) is 22.4. The molecule has 8 nitrogen and oxygen atoms in total. The molecule has 0 aliphatic rings. The van der Waals surface area contributed by atoms with Crippen LogP contribution in [0.25, 0.3) is 11.3 Å². The average Bonchev–Trinajstić information content (AvgIpc) is 3.55. The van der Waals surface area contributed by atoms with E-state index in [1.165, 1.54) is 30.6 Å². The summed E-state index contributed by atoms with van der Waals surface area (Å²) in [7, 11) is 0. The molecule has 10 heteroatoms. The number of amides is 2. The fraction of sp³-hybridized carbons (Fsp3) is 0.130. The lowest BCUT2D eigenvalue weighted by Gasteiger charge is -2.12. The molecule has 168 valence electrons. The third kappa shape index (κ3) is 5.36. The summed E-state index contributed by atoms with van der Waals surface area (Å²) in [5, 5.41) is 8.08. The van der Waals surface area contributed by atoms with Gasteiger partial charge in [0.1, 0.15) is 4.88 Å². The normalized spacial score (nSPS) is 11.6. The Balaban J connectivity index is 1.35. The Bertz CT molecular complexity index is 1280. The van der Waals surface area contributed by atoms with Gasteiger partial charge >= 0.3 is 5.97 Å². The lowest BCUT2D eigenvalue weighted by molar-refractivity contribution is -0.123. The number of hydrogen-bond acceptors (Lipinski definition) is 8. The molecule has 4 aromatic rings. The second-order valence-corrected chi connectivity index (χ2v) is 8.91.